The van der Waals surface area contributed by atoms with E-state index in [9.17, 15) is 18.4 Å². The molecule has 0 atom stereocenters. The molecule has 0 aliphatic heterocycles. The van der Waals surface area contributed by atoms with E-state index in [-0.39, 0.29) is 17.2 Å². The Hall–Kier alpha value is -3.50. The number of para-hydroxylation sites is 1. The smallest absolute Gasteiger partial charge is 0.400 e. The average Bonchev–Trinajstić information content (AvgIpc) is 3.28. The number of halogens is 4. The molecule has 0 spiro atoms. The van der Waals surface area contributed by atoms with Crippen LogP contribution in [0.25, 0.3) is 11.4 Å². The number of alkyl halides is 3. The van der Waals surface area contributed by atoms with Crippen LogP contribution in [0.5, 0.6) is 5.75 Å². The van der Waals surface area contributed by atoms with Crippen molar-refractivity contribution in [2.75, 3.05) is 17.7 Å². The number of nitrogens with zero attached hydrogens (tertiary/aromatic N) is 2. The van der Waals surface area contributed by atoms with Crippen LogP contribution in [0.3, 0.4) is 0 Å². The molecular formula is C20H12Cl2F2N4O4. The Morgan fingerprint density at radius 3 is 2.25 bits per heavy atom. The molecule has 8 nitrogen and oxygen atoms in total. The van der Waals surface area contributed by atoms with Crippen molar-refractivity contribution in [3.63, 3.8) is 0 Å². The molecule has 0 radical (unpaired) electrons. The first kappa shape index (κ1) is 21.7. The molecule has 0 bridgehead atoms. The van der Waals surface area contributed by atoms with Gasteiger partial charge in [0.1, 0.15) is 22.8 Å². The Bertz CT molecular complexity index is 1360. The molecule has 1 aromatic heterocycles. The number of methoxy groups -OCH3 is 1. The standard InChI is InChI=1S/C20H12Cl2F2N4O4/c1-31-12-4-2-3-11(21)13(12)26-15-14(16(29)17(15)30)25-10-7-5-9(6-8-10)18-27-19(32-28-18)20(22,23)24/h2-8,25-26H,1H3. The Balaban J connectivity index is 1.56. The molecule has 32 heavy (non-hydrogen) atoms. The summed E-state index contributed by atoms with van der Waals surface area (Å²) in [5.41, 5.74) is -0.212. The maximum Gasteiger partial charge on any atom is 0.400 e. The van der Waals surface area contributed by atoms with Gasteiger partial charge in [-0.1, -0.05) is 22.8 Å². The van der Waals surface area contributed by atoms with E-state index in [1.807, 2.05) is 0 Å². The van der Waals surface area contributed by atoms with Gasteiger partial charge >= 0.3 is 11.3 Å². The number of anilines is 4. The highest BCUT2D eigenvalue weighted by molar-refractivity contribution is 6.33. The van der Waals surface area contributed by atoms with Crippen molar-refractivity contribution < 1.29 is 18.0 Å². The van der Waals surface area contributed by atoms with Crippen LogP contribution in [0.4, 0.5) is 31.5 Å². The van der Waals surface area contributed by atoms with Crippen LogP contribution in [0, 0.1) is 0 Å². The third kappa shape index (κ3) is 4.02. The fourth-order valence-corrected chi connectivity index (χ4v) is 3.14. The summed E-state index contributed by atoms with van der Waals surface area (Å²) in [5, 5.41) is 5.69. The van der Waals surface area contributed by atoms with E-state index in [4.69, 9.17) is 27.9 Å². The van der Waals surface area contributed by atoms with E-state index < -0.39 is 22.1 Å². The summed E-state index contributed by atoms with van der Waals surface area (Å²) in [6.45, 7) is 0. The zero-order valence-corrected chi connectivity index (χ0v) is 17.6. The number of hydrogen-bond acceptors (Lipinski definition) is 8. The van der Waals surface area contributed by atoms with Crippen LogP contribution in [-0.4, -0.2) is 17.3 Å². The molecule has 3 aromatic carbocycles. The molecule has 4 aromatic rings. The Morgan fingerprint density at radius 1 is 1.00 bits per heavy atom. The van der Waals surface area contributed by atoms with Crippen LogP contribution in [0.15, 0.2) is 56.6 Å². The van der Waals surface area contributed by atoms with E-state index in [0.29, 0.717) is 27.7 Å². The molecule has 0 fully saturated rings. The van der Waals surface area contributed by atoms with E-state index >= 15 is 0 Å². The molecule has 164 valence electrons. The molecule has 1 heterocycles. The number of ether oxygens (including phenoxy) is 1. The van der Waals surface area contributed by atoms with Gasteiger partial charge in [0.05, 0.1) is 12.1 Å². The molecule has 0 unspecified atom stereocenters. The first-order valence-corrected chi connectivity index (χ1v) is 9.66. The largest absolute Gasteiger partial charge is 0.495 e. The third-order valence-electron chi connectivity index (χ3n) is 4.44. The molecule has 0 amide bonds. The second-order valence-corrected chi connectivity index (χ2v) is 7.36. The lowest BCUT2D eigenvalue weighted by Crippen LogP contribution is -2.35. The SMILES string of the molecule is COc1cccc(Cl)c1Nc1c(Nc2ccc(-c3noc(C(F)(F)Cl)n3)cc2)c(=O)c1=O. The van der Waals surface area contributed by atoms with E-state index in [1.54, 1.807) is 30.3 Å². The van der Waals surface area contributed by atoms with Gasteiger partial charge in [-0.15, -0.1) is 0 Å². The lowest BCUT2D eigenvalue weighted by Gasteiger charge is -2.17. The van der Waals surface area contributed by atoms with Gasteiger partial charge in [-0.05, 0) is 48.0 Å². The molecule has 4 rings (SSSR count). The quantitative estimate of drug-likeness (QED) is 0.287. The second kappa shape index (κ2) is 8.21. The summed E-state index contributed by atoms with van der Waals surface area (Å²) >= 11 is 11.0. The normalized spacial score (nSPS) is 11.5. The van der Waals surface area contributed by atoms with Gasteiger partial charge < -0.3 is 19.9 Å². The summed E-state index contributed by atoms with van der Waals surface area (Å²) in [6, 6.07) is 11.0. The predicted octanol–water partition coefficient (Wildman–Crippen LogP) is 4.77. The van der Waals surface area contributed by atoms with Crippen molar-refractivity contribution in [2.45, 2.75) is 5.38 Å². The fourth-order valence-electron chi connectivity index (χ4n) is 2.85. The van der Waals surface area contributed by atoms with Crippen molar-refractivity contribution in [1.82, 2.24) is 10.1 Å². The highest BCUT2D eigenvalue weighted by Crippen LogP contribution is 2.36. The maximum atomic E-state index is 13.0. The van der Waals surface area contributed by atoms with Crippen LogP contribution in [-0.2, 0) is 5.38 Å². The van der Waals surface area contributed by atoms with Crippen LogP contribution < -0.4 is 26.2 Å². The minimum absolute atomic E-state index is 0.0256. The maximum absolute atomic E-state index is 13.0. The molecule has 0 saturated heterocycles. The molecular weight excluding hydrogens is 469 g/mol. The second-order valence-electron chi connectivity index (χ2n) is 6.47. The molecule has 0 aliphatic rings. The molecule has 0 saturated carbocycles. The molecule has 12 heteroatoms. The van der Waals surface area contributed by atoms with Crippen molar-refractivity contribution in [2.24, 2.45) is 0 Å². The number of aromatic nitrogens is 2. The van der Waals surface area contributed by atoms with E-state index in [0.717, 1.165) is 0 Å². The van der Waals surface area contributed by atoms with Crippen molar-refractivity contribution in [3.05, 3.63) is 73.8 Å². The van der Waals surface area contributed by atoms with Crippen LogP contribution in [0.1, 0.15) is 5.89 Å². The van der Waals surface area contributed by atoms with Crippen molar-refractivity contribution in [1.29, 1.82) is 0 Å². The van der Waals surface area contributed by atoms with E-state index in [2.05, 4.69) is 25.3 Å². The zero-order chi connectivity index (χ0) is 23.0. The van der Waals surface area contributed by atoms with Crippen molar-refractivity contribution >= 4 is 46.0 Å². The highest BCUT2D eigenvalue weighted by atomic mass is 35.5. The average molecular weight is 481 g/mol. The minimum atomic E-state index is -3.77. The van der Waals surface area contributed by atoms with Crippen LogP contribution in [0.2, 0.25) is 5.02 Å². The van der Waals surface area contributed by atoms with Gasteiger partial charge in [0.25, 0.3) is 10.9 Å². The Morgan fingerprint density at radius 2 is 1.66 bits per heavy atom. The van der Waals surface area contributed by atoms with Crippen LogP contribution >= 0.6 is 23.2 Å². The topological polar surface area (TPSA) is 106 Å². The number of hydrogen-bond donors (Lipinski definition) is 2. The Labute approximate surface area is 188 Å². The van der Waals surface area contributed by atoms with Gasteiger partial charge in [0.15, 0.2) is 0 Å². The summed E-state index contributed by atoms with van der Waals surface area (Å²) in [7, 11) is 1.45. The van der Waals surface area contributed by atoms with Gasteiger partial charge in [-0.3, -0.25) is 9.59 Å². The molecule has 2 N–H and O–H groups in total. The van der Waals surface area contributed by atoms with E-state index in [1.165, 1.54) is 19.2 Å². The van der Waals surface area contributed by atoms with Gasteiger partial charge in [0.2, 0.25) is 5.82 Å². The highest BCUT2D eigenvalue weighted by Gasteiger charge is 2.35. The summed E-state index contributed by atoms with van der Waals surface area (Å²) in [6.07, 6.45) is 0. The number of rotatable bonds is 7. The van der Waals surface area contributed by atoms with Crippen molar-refractivity contribution in [3.8, 4) is 17.1 Å². The van der Waals surface area contributed by atoms with Gasteiger partial charge in [0, 0.05) is 11.3 Å². The fraction of sp³-hybridized carbons (Fsp3) is 0.100. The van der Waals surface area contributed by atoms with Gasteiger partial charge in [-0.2, -0.15) is 13.8 Å². The zero-order valence-electron chi connectivity index (χ0n) is 16.1. The number of nitrogens with one attached hydrogen (secondary N) is 2. The Kier molecular flexibility index (Phi) is 5.57. The monoisotopic (exact) mass is 480 g/mol. The third-order valence-corrected chi connectivity index (χ3v) is 4.91. The first-order valence-electron chi connectivity index (χ1n) is 8.90. The number of benzene rings is 2. The summed E-state index contributed by atoms with van der Waals surface area (Å²) in [5.74, 6) is -0.720. The predicted molar refractivity (Wildman–Crippen MR) is 115 cm³/mol. The first-order chi connectivity index (χ1) is 15.2. The molecule has 0 aliphatic carbocycles. The van der Waals surface area contributed by atoms with Gasteiger partial charge in [-0.25, -0.2) is 0 Å². The lowest BCUT2D eigenvalue weighted by molar-refractivity contribution is 0.0551. The minimum Gasteiger partial charge on any atom is -0.495 e. The summed E-state index contributed by atoms with van der Waals surface area (Å²) < 4.78 is 35.8. The summed E-state index contributed by atoms with van der Waals surface area (Å²) in [4.78, 5) is 27.8. The lowest BCUT2D eigenvalue weighted by atomic mass is 10.1.